The SMILES string of the molecule is CCCCCCCCCCCCCC1CCS(=O)(=O)O1. The van der Waals surface area contributed by atoms with E-state index in [2.05, 4.69) is 6.92 Å². The summed E-state index contributed by atoms with van der Waals surface area (Å²) in [5, 5.41) is 0. The molecule has 0 radical (unpaired) electrons. The lowest BCUT2D eigenvalue weighted by molar-refractivity contribution is 0.220. The van der Waals surface area contributed by atoms with E-state index in [1.54, 1.807) is 0 Å². The Hall–Kier alpha value is -0.0900. The average Bonchev–Trinajstić information content (AvgIpc) is 2.75. The molecular weight excluding hydrogens is 272 g/mol. The molecule has 120 valence electrons. The van der Waals surface area contributed by atoms with Crippen LogP contribution in [0, 0.1) is 0 Å². The van der Waals surface area contributed by atoms with Gasteiger partial charge < -0.3 is 0 Å². The minimum absolute atomic E-state index is 0.0291. The van der Waals surface area contributed by atoms with E-state index in [1.807, 2.05) is 0 Å². The van der Waals surface area contributed by atoms with Gasteiger partial charge in [-0.1, -0.05) is 77.6 Å². The van der Waals surface area contributed by atoms with Crippen LogP contribution in [0.5, 0.6) is 0 Å². The first kappa shape index (κ1) is 18.0. The summed E-state index contributed by atoms with van der Waals surface area (Å²) in [6, 6.07) is 0. The van der Waals surface area contributed by atoms with Crippen LogP contribution in [0.2, 0.25) is 0 Å². The fraction of sp³-hybridized carbons (Fsp3) is 1.00. The largest absolute Gasteiger partial charge is 0.267 e. The van der Waals surface area contributed by atoms with E-state index in [9.17, 15) is 8.42 Å². The summed E-state index contributed by atoms with van der Waals surface area (Å²) in [4.78, 5) is 0. The average molecular weight is 304 g/mol. The van der Waals surface area contributed by atoms with Gasteiger partial charge in [0.25, 0.3) is 10.1 Å². The van der Waals surface area contributed by atoms with Crippen molar-refractivity contribution >= 4 is 10.1 Å². The number of rotatable bonds is 12. The summed E-state index contributed by atoms with van der Waals surface area (Å²) in [7, 11) is -3.16. The smallest absolute Gasteiger partial charge is 0.267 e. The second-order valence-electron chi connectivity index (χ2n) is 6.09. The fourth-order valence-corrected chi connectivity index (χ4v) is 4.06. The number of unbranched alkanes of at least 4 members (excludes halogenated alkanes) is 10. The van der Waals surface area contributed by atoms with Crippen LogP contribution < -0.4 is 0 Å². The van der Waals surface area contributed by atoms with Crippen molar-refractivity contribution in [2.75, 3.05) is 5.75 Å². The summed E-state index contributed by atoms with van der Waals surface area (Å²) in [6.07, 6.45) is 16.2. The zero-order valence-electron chi connectivity index (χ0n) is 13.1. The zero-order chi connectivity index (χ0) is 14.7. The molecule has 1 saturated heterocycles. The van der Waals surface area contributed by atoms with E-state index < -0.39 is 10.1 Å². The van der Waals surface area contributed by atoms with Crippen LogP contribution in [0.4, 0.5) is 0 Å². The van der Waals surface area contributed by atoms with E-state index in [0.717, 1.165) is 12.8 Å². The lowest BCUT2D eigenvalue weighted by Crippen LogP contribution is -2.06. The highest BCUT2D eigenvalue weighted by Crippen LogP contribution is 2.21. The molecule has 0 bridgehead atoms. The van der Waals surface area contributed by atoms with Gasteiger partial charge in [0.2, 0.25) is 0 Å². The minimum atomic E-state index is -3.16. The summed E-state index contributed by atoms with van der Waals surface area (Å²) in [5.74, 6) is 0.218. The van der Waals surface area contributed by atoms with E-state index >= 15 is 0 Å². The topological polar surface area (TPSA) is 43.4 Å². The summed E-state index contributed by atoms with van der Waals surface area (Å²) in [6.45, 7) is 2.26. The molecule has 3 nitrogen and oxygen atoms in total. The normalized spacial score (nSPS) is 21.4. The highest BCUT2D eigenvalue weighted by Gasteiger charge is 2.27. The third kappa shape index (κ3) is 8.96. The van der Waals surface area contributed by atoms with Crippen LogP contribution in [0.25, 0.3) is 0 Å². The molecule has 1 aliphatic heterocycles. The summed E-state index contributed by atoms with van der Waals surface area (Å²) >= 11 is 0. The fourth-order valence-electron chi connectivity index (χ4n) is 2.81. The Morgan fingerprint density at radius 3 is 1.80 bits per heavy atom. The molecule has 0 aromatic carbocycles. The van der Waals surface area contributed by atoms with Gasteiger partial charge in [-0.2, -0.15) is 8.42 Å². The molecule has 0 saturated carbocycles. The predicted molar refractivity (Wildman–Crippen MR) is 84.4 cm³/mol. The molecule has 0 aromatic heterocycles. The third-order valence-electron chi connectivity index (χ3n) is 4.10. The molecule has 0 spiro atoms. The highest BCUT2D eigenvalue weighted by molar-refractivity contribution is 7.86. The second-order valence-corrected chi connectivity index (χ2v) is 7.81. The Morgan fingerprint density at radius 1 is 0.850 bits per heavy atom. The molecule has 0 amide bonds. The minimum Gasteiger partial charge on any atom is -0.267 e. The molecule has 0 N–H and O–H groups in total. The maximum Gasteiger partial charge on any atom is 0.267 e. The zero-order valence-corrected chi connectivity index (χ0v) is 13.9. The maximum atomic E-state index is 11.1. The Bertz CT molecular complexity index is 325. The number of hydrogen-bond donors (Lipinski definition) is 0. The van der Waals surface area contributed by atoms with Crippen molar-refractivity contribution in [3.05, 3.63) is 0 Å². The summed E-state index contributed by atoms with van der Waals surface area (Å²) < 4.78 is 27.3. The van der Waals surface area contributed by atoms with Crippen molar-refractivity contribution < 1.29 is 12.6 Å². The second kappa shape index (κ2) is 10.6. The van der Waals surface area contributed by atoms with E-state index in [1.165, 1.54) is 64.2 Å². The van der Waals surface area contributed by atoms with Crippen molar-refractivity contribution in [3.63, 3.8) is 0 Å². The third-order valence-corrected chi connectivity index (χ3v) is 5.40. The van der Waals surface area contributed by atoms with Gasteiger partial charge >= 0.3 is 0 Å². The molecule has 4 heteroatoms. The Morgan fingerprint density at radius 2 is 1.35 bits per heavy atom. The van der Waals surface area contributed by atoms with Gasteiger partial charge in [-0.3, -0.25) is 4.18 Å². The Balaban J connectivity index is 1.79. The van der Waals surface area contributed by atoms with Gasteiger partial charge in [-0.15, -0.1) is 0 Å². The van der Waals surface area contributed by atoms with Crippen LogP contribution >= 0.6 is 0 Å². The van der Waals surface area contributed by atoms with Gasteiger partial charge in [0.15, 0.2) is 0 Å². The Labute approximate surface area is 125 Å². The standard InChI is InChI=1S/C16H32O3S/c1-2-3-4-5-6-7-8-9-10-11-12-13-16-14-15-20(17,18)19-16/h16H,2-15H2,1H3. The van der Waals surface area contributed by atoms with Crippen molar-refractivity contribution in [1.29, 1.82) is 0 Å². The highest BCUT2D eigenvalue weighted by atomic mass is 32.2. The van der Waals surface area contributed by atoms with Crippen molar-refractivity contribution in [2.24, 2.45) is 0 Å². The van der Waals surface area contributed by atoms with Crippen LogP contribution in [0.1, 0.15) is 90.4 Å². The van der Waals surface area contributed by atoms with Crippen LogP contribution in [0.15, 0.2) is 0 Å². The van der Waals surface area contributed by atoms with Crippen molar-refractivity contribution in [3.8, 4) is 0 Å². The predicted octanol–water partition coefficient (Wildman–Crippen LogP) is 4.81. The van der Waals surface area contributed by atoms with E-state index in [-0.39, 0.29) is 11.9 Å². The van der Waals surface area contributed by atoms with Gasteiger partial charge in [-0.05, 0) is 12.8 Å². The van der Waals surface area contributed by atoms with Crippen LogP contribution in [-0.2, 0) is 14.3 Å². The molecule has 1 aliphatic rings. The van der Waals surface area contributed by atoms with Crippen molar-refractivity contribution in [2.45, 2.75) is 96.5 Å². The van der Waals surface area contributed by atoms with Gasteiger partial charge in [0.05, 0.1) is 11.9 Å². The Kier molecular flexibility index (Phi) is 9.53. The van der Waals surface area contributed by atoms with Crippen LogP contribution in [0.3, 0.4) is 0 Å². The first-order valence-electron chi connectivity index (χ1n) is 8.55. The quantitative estimate of drug-likeness (QED) is 0.384. The first-order chi connectivity index (χ1) is 9.64. The van der Waals surface area contributed by atoms with Gasteiger partial charge in [0.1, 0.15) is 0 Å². The molecule has 1 heterocycles. The molecule has 1 rings (SSSR count). The number of hydrogen-bond acceptors (Lipinski definition) is 3. The van der Waals surface area contributed by atoms with E-state index in [4.69, 9.17) is 4.18 Å². The lowest BCUT2D eigenvalue weighted by Gasteiger charge is -2.07. The van der Waals surface area contributed by atoms with Crippen molar-refractivity contribution in [1.82, 2.24) is 0 Å². The maximum absolute atomic E-state index is 11.1. The van der Waals surface area contributed by atoms with Gasteiger partial charge in [0, 0.05) is 0 Å². The molecular formula is C16H32O3S. The molecule has 20 heavy (non-hydrogen) atoms. The first-order valence-corrected chi connectivity index (χ1v) is 10.1. The van der Waals surface area contributed by atoms with E-state index in [0.29, 0.717) is 6.42 Å². The van der Waals surface area contributed by atoms with Crippen LogP contribution in [-0.4, -0.2) is 20.3 Å². The molecule has 1 fully saturated rings. The molecule has 0 aliphatic carbocycles. The molecule has 1 atom stereocenters. The molecule has 0 aromatic rings. The van der Waals surface area contributed by atoms with Gasteiger partial charge in [-0.25, -0.2) is 0 Å². The molecule has 1 unspecified atom stereocenters. The monoisotopic (exact) mass is 304 g/mol. The summed E-state index contributed by atoms with van der Waals surface area (Å²) in [5.41, 5.74) is 0. The lowest BCUT2D eigenvalue weighted by atomic mass is 10.0.